The number of benzene rings is 2. The van der Waals surface area contributed by atoms with Crippen LogP contribution in [0.4, 0.5) is 5.69 Å². The third-order valence-electron chi connectivity index (χ3n) is 4.33. The van der Waals surface area contributed by atoms with Gasteiger partial charge in [0.25, 0.3) is 5.91 Å². The minimum Gasteiger partial charge on any atom is -0.378 e. The van der Waals surface area contributed by atoms with Crippen molar-refractivity contribution in [2.45, 2.75) is 30.4 Å². The fourth-order valence-electron chi connectivity index (χ4n) is 2.65. The van der Waals surface area contributed by atoms with Crippen molar-refractivity contribution in [2.75, 3.05) is 5.32 Å². The van der Waals surface area contributed by atoms with Crippen molar-refractivity contribution in [3.63, 3.8) is 0 Å². The first-order valence-corrected chi connectivity index (χ1v) is 11.4. The Kier molecular flexibility index (Phi) is 8.72. The van der Waals surface area contributed by atoms with Gasteiger partial charge in [0.05, 0.1) is 18.0 Å². The van der Waals surface area contributed by atoms with E-state index in [0.717, 1.165) is 17.1 Å². The second-order valence-electron chi connectivity index (χ2n) is 6.67. The van der Waals surface area contributed by atoms with Crippen LogP contribution in [0.25, 0.3) is 0 Å². The van der Waals surface area contributed by atoms with E-state index in [0.29, 0.717) is 28.3 Å². The third kappa shape index (κ3) is 6.59. The number of hydrazone groups is 1. The van der Waals surface area contributed by atoms with Crippen LogP contribution in [-0.2, 0) is 17.9 Å². The zero-order chi connectivity index (χ0) is 22.9. The zero-order valence-electron chi connectivity index (χ0n) is 17.3. The lowest BCUT2D eigenvalue weighted by Gasteiger charge is -2.12. The summed E-state index contributed by atoms with van der Waals surface area (Å²) in [4.78, 5) is 12.5. The topological polar surface area (TPSA) is 84.2 Å². The largest absolute Gasteiger partial charge is 0.378 e. The Labute approximate surface area is 200 Å². The summed E-state index contributed by atoms with van der Waals surface area (Å²) in [6, 6.07) is 14.7. The molecule has 0 spiro atoms. The molecule has 0 aliphatic rings. The molecule has 0 bridgehead atoms. The highest BCUT2D eigenvalue weighted by Gasteiger charge is 2.19. The van der Waals surface area contributed by atoms with Crippen LogP contribution in [0.1, 0.15) is 18.3 Å². The van der Waals surface area contributed by atoms with E-state index in [1.165, 1.54) is 18.0 Å². The van der Waals surface area contributed by atoms with E-state index in [9.17, 15) is 4.79 Å². The lowest BCUT2D eigenvalue weighted by Crippen LogP contribution is -2.27. The minimum absolute atomic E-state index is 0.257. The molecule has 0 aliphatic heterocycles. The molecule has 2 aromatic carbocycles. The van der Waals surface area contributed by atoms with Crippen LogP contribution in [0.5, 0.6) is 0 Å². The van der Waals surface area contributed by atoms with E-state index in [1.54, 1.807) is 19.1 Å². The number of nitrogens with one attached hydrogen (secondary N) is 2. The molecule has 1 amide bonds. The van der Waals surface area contributed by atoms with Crippen LogP contribution >= 0.6 is 35.0 Å². The first kappa shape index (κ1) is 23.8. The summed E-state index contributed by atoms with van der Waals surface area (Å²) >= 11 is 13.3. The Bertz CT molecular complexity index is 1100. The number of hydrogen-bond donors (Lipinski definition) is 2. The van der Waals surface area contributed by atoms with Crippen LogP contribution in [0.3, 0.4) is 0 Å². The molecule has 0 saturated carbocycles. The van der Waals surface area contributed by atoms with Gasteiger partial charge in [-0.3, -0.25) is 4.79 Å². The van der Waals surface area contributed by atoms with Gasteiger partial charge in [-0.2, -0.15) is 5.10 Å². The van der Waals surface area contributed by atoms with Gasteiger partial charge in [-0.05, 0) is 37.3 Å². The van der Waals surface area contributed by atoms with E-state index in [2.05, 4.69) is 32.6 Å². The molecule has 0 radical (unpaired) electrons. The number of aromatic nitrogens is 3. The first-order chi connectivity index (χ1) is 15.5. The highest BCUT2D eigenvalue weighted by atomic mass is 35.5. The molecular formula is C22H22Cl2N6OS. The quantitative estimate of drug-likeness (QED) is 0.181. The summed E-state index contributed by atoms with van der Waals surface area (Å²) < 4.78 is 1.91. The van der Waals surface area contributed by atoms with Crippen LogP contribution < -0.4 is 10.7 Å². The van der Waals surface area contributed by atoms with Gasteiger partial charge in [0.15, 0.2) is 11.0 Å². The zero-order valence-corrected chi connectivity index (χ0v) is 19.7. The summed E-state index contributed by atoms with van der Waals surface area (Å²) in [6.45, 7) is 6.57. The summed E-state index contributed by atoms with van der Waals surface area (Å²) in [7, 11) is 0. The number of thioether (sulfide) groups is 1. The number of halogens is 2. The van der Waals surface area contributed by atoms with Crippen LogP contribution in [0.2, 0.25) is 10.0 Å². The number of amides is 1. The van der Waals surface area contributed by atoms with Crippen molar-refractivity contribution in [3.8, 4) is 0 Å². The Hall–Kier alpha value is -2.81. The van der Waals surface area contributed by atoms with E-state index in [-0.39, 0.29) is 5.91 Å². The highest BCUT2D eigenvalue weighted by Crippen LogP contribution is 2.23. The molecule has 166 valence electrons. The predicted molar refractivity (Wildman–Crippen MR) is 132 cm³/mol. The van der Waals surface area contributed by atoms with Crippen LogP contribution in [0, 0.1) is 0 Å². The Morgan fingerprint density at radius 3 is 2.69 bits per heavy atom. The number of allylic oxidation sites excluding steroid dienone is 1. The normalized spacial score (nSPS) is 12.0. The van der Waals surface area contributed by atoms with Gasteiger partial charge in [0.2, 0.25) is 0 Å². The number of nitrogens with zero attached hydrogens (tertiary/aromatic N) is 4. The van der Waals surface area contributed by atoms with Gasteiger partial charge in [-0.1, -0.05) is 59.2 Å². The van der Waals surface area contributed by atoms with Gasteiger partial charge in [0, 0.05) is 27.8 Å². The molecule has 0 aliphatic carbocycles. The Morgan fingerprint density at radius 2 is 1.97 bits per heavy atom. The Morgan fingerprint density at radius 1 is 1.22 bits per heavy atom. The smallest absolute Gasteiger partial charge is 0.253 e. The van der Waals surface area contributed by atoms with Crippen molar-refractivity contribution < 1.29 is 4.79 Å². The molecule has 3 rings (SSSR count). The van der Waals surface area contributed by atoms with Crippen molar-refractivity contribution >= 4 is 52.8 Å². The van der Waals surface area contributed by atoms with Crippen molar-refractivity contribution in [3.05, 3.63) is 82.6 Å². The number of hydrogen-bond acceptors (Lipinski definition) is 6. The first-order valence-electron chi connectivity index (χ1n) is 9.74. The fourth-order valence-corrected chi connectivity index (χ4v) is 3.83. The summed E-state index contributed by atoms with van der Waals surface area (Å²) in [5.41, 5.74) is 4.18. The van der Waals surface area contributed by atoms with Crippen molar-refractivity contribution in [1.29, 1.82) is 0 Å². The van der Waals surface area contributed by atoms with E-state index in [1.807, 2.05) is 47.0 Å². The predicted octanol–water partition coefficient (Wildman–Crippen LogP) is 5.01. The summed E-state index contributed by atoms with van der Waals surface area (Å²) in [6.07, 6.45) is 3.27. The van der Waals surface area contributed by atoms with Crippen LogP contribution in [-0.4, -0.2) is 32.1 Å². The van der Waals surface area contributed by atoms with E-state index >= 15 is 0 Å². The maximum atomic E-state index is 12.5. The molecule has 3 aromatic rings. The average molecular weight is 489 g/mol. The maximum Gasteiger partial charge on any atom is 0.253 e. The number of carbonyl (C=O) groups excluding carboxylic acids is 1. The molecule has 10 heteroatoms. The molecule has 0 unspecified atom stereocenters. The van der Waals surface area contributed by atoms with Gasteiger partial charge >= 0.3 is 0 Å². The summed E-state index contributed by atoms with van der Waals surface area (Å²) in [5, 5.41) is 17.2. The van der Waals surface area contributed by atoms with Gasteiger partial charge in [-0.25, -0.2) is 5.43 Å². The average Bonchev–Trinajstić information content (AvgIpc) is 3.16. The van der Waals surface area contributed by atoms with Gasteiger partial charge in [-0.15, -0.1) is 16.8 Å². The molecule has 0 fully saturated rings. The summed E-state index contributed by atoms with van der Waals surface area (Å²) in [5.74, 6) is 0.471. The fraction of sp³-hybridized carbons (Fsp3) is 0.182. The second-order valence-corrected chi connectivity index (χ2v) is 8.83. The minimum atomic E-state index is -0.441. The lowest BCUT2D eigenvalue weighted by molar-refractivity contribution is -0.120. The van der Waals surface area contributed by atoms with Crippen LogP contribution in [0.15, 0.2) is 71.4 Å². The van der Waals surface area contributed by atoms with Crippen molar-refractivity contribution in [2.24, 2.45) is 5.10 Å². The molecule has 2 N–H and O–H groups in total. The maximum absolute atomic E-state index is 12.5. The molecular weight excluding hydrogens is 467 g/mol. The van der Waals surface area contributed by atoms with E-state index < -0.39 is 5.25 Å². The van der Waals surface area contributed by atoms with Gasteiger partial charge < -0.3 is 9.88 Å². The standard InChI is InChI=1S/C22H22Cl2N6OS/c1-3-12-30-20(14-25-18-10-8-17(23)9-11-18)27-29-22(30)32-15(2)21(31)28-26-13-16-6-4-5-7-19(16)24/h3-11,13,15,25H,1,12,14H2,2H3,(H,28,31)/t15-/m1/s1. The number of rotatable bonds is 10. The Balaban J connectivity index is 1.61. The molecule has 1 atom stereocenters. The van der Waals surface area contributed by atoms with E-state index in [4.69, 9.17) is 23.2 Å². The second kappa shape index (κ2) is 11.7. The monoisotopic (exact) mass is 488 g/mol. The highest BCUT2D eigenvalue weighted by molar-refractivity contribution is 8.00. The lowest BCUT2D eigenvalue weighted by atomic mass is 10.2. The SMILES string of the molecule is C=CCn1c(CNc2ccc(Cl)cc2)nnc1S[C@H](C)C(=O)NN=Cc1ccccc1Cl. The van der Waals surface area contributed by atoms with Gasteiger partial charge in [0.1, 0.15) is 0 Å². The number of anilines is 1. The number of carbonyl (C=O) groups is 1. The molecule has 1 heterocycles. The van der Waals surface area contributed by atoms with Crippen molar-refractivity contribution in [1.82, 2.24) is 20.2 Å². The molecule has 1 aromatic heterocycles. The molecule has 0 saturated heterocycles. The molecule has 7 nitrogen and oxygen atoms in total. The third-order valence-corrected chi connectivity index (χ3v) is 6.01. The molecule has 32 heavy (non-hydrogen) atoms.